The van der Waals surface area contributed by atoms with Gasteiger partial charge in [-0.2, -0.15) is 0 Å². The van der Waals surface area contributed by atoms with E-state index in [2.05, 4.69) is 41.0 Å². The number of amides is 1. The molecule has 1 fully saturated rings. The van der Waals surface area contributed by atoms with Crippen molar-refractivity contribution in [3.63, 3.8) is 0 Å². The Hall–Kier alpha value is -4.89. The Morgan fingerprint density at radius 2 is 1.89 bits per heavy atom. The van der Waals surface area contributed by atoms with Crippen molar-refractivity contribution in [3.05, 3.63) is 106 Å². The topological polar surface area (TPSA) is 164 Å². The van der Waals surface area contributed by atoms with Crippen LogP contribution in [0.5, 0.6) is 5.75 Å². The molecule has 1 aliphatic rings. The number of imidazole rings is 1. The summed E-state index contributed by atoms with van der Waals surface area (Å²) in [5, 5.41) is 25.7. The van der Waals surface area contributed by atoms with Crippen LogP contribution in [0.2, 0.25) is 0 Å². The third kappa shape index (κ3) is 9.02. The summed E-state index contributed by atoms with van der Waals surface area (Å²) in [5.74, 6) is 0.0998. The third-order valence-corrected chi connectivity index (χ3v) is 10.3. The average molecular weight is 741 g/mol. The number of benzene rings is 3. The van der Waals surface area contributed by atoms with Crippen molar-refractivity contribution in [1.82, 2.24) is 19.5 Å². The molecule has 2 N–H and O–H groups in total. The molecule has 0 saturated carbocycles. The van der Waals surface area contributed by atoms with E-state index in [4.69, 9.17) is 14.2 Å². The molecule has 13 nitrogen and oxygen atoms in total. The minimum atomic E-state index is -0.838. The molecule has 53 heavy (non-hydrogen) atoms. The van der Waals surface area contributed by atoms with Crippen molar-refractivity contribution >= 4 is 40.3 Å². The first-order valence-electron chi connectivity index (χ1n) is 17.6. The molecule has 1 saturated heterocycles. The first-order valence-corrected chi connectivity index (χ1v) is 18.4. The highest BCUT2D eigenvalue weighted by Gasteiger charge is 2.36. The molecule has 0 radical (unpaired) electrons. The van der Waals surface area contributed by atoms with Gasteiger partial charge in [0.25, 0.3) is 11.6 Å². The molecule has 5 aromatic rings. The van der Waals surface area contributed by atoms with Gasteiger partial charge in [0.05, 0.1) is 30.6 Å². The molecule has 14 heteroatoms. The molecule has 4 atom stereocenters. The number of nitrogens with one attached hydrogen (secondary N) is 1. The minimum Gasteiger partial charge on any atom is -0.484 e. The molecule has 1 unspecified atom stereocenters. The molecule has 1 amide bonds. The number of aryl methyl sites for hydroxylation is 1. The third-order valence-electron chi connectivity index (χ3n) is 9.16. The van der Waals surface area contributed by atoms with Crippen LogP contribution in [0.3, 0.4) is 0 Å². The van der Waals surface area contributed by atoms with Gasteiger partial charge in [-0.15, -0.1) is 0 Å². The summed E-state index contributed by atoms with van der Waals surface area (Å²) in [5.41, 5.74) is 3.52. The number of nitrogens with zero attached hydrogens (tertiary/aromatic N) is 5. The highest BCUT2D eigenvalue weighted by atomic mass is 32.2. The van der Waals surface area contributed by atoms with E-state index >= 15 is 0 Å². The highest BCUT2D eigenvalue weighted by Crippen LogP contribution is 2.38. The average Bonchev–Trinajstić information content (AvgIpc) is 3.74. The summed E-state index contributed by atoms with van der Waals surface area (Å²) in [6.07, 6.45) is 1.69. The summed E-state index contributed by atoms with van der Waals surface area (Å²) in [7, 11) is 0. The maximum Gasteiger partial charge on any atom is 0.273 e. The Morgan fingerprint density at radius 3 is 2.58 bits per heavy atom. The molecule has 0 aliphatic carbocycles. The van der Waals surface area contributed by atoms with Crippen LogP contribution >= 0.6 is 11.8 Å². The standard InChI is InChI=1S/C39H44N6O7S/c1-6-25-16-30(45(48)49)29(17-33(25)53-28-10-8-7-9-11-28)24(2)19-50-20-32-31(46)18-35(52-32)44-23-42-36-37(40-22-41-38(36)44)43-34(47)21-51-27-14-12-26(13-15-27)39(3,4)5/h7-17,22-24,31-32,35,46H,6,18-21H2,1-5H3,(H,40,41,43,47)/t24?,31-,32+,35+/m0/s1. The van der Waals surface area contributed by atoms with Gasteiger partial charge in [-0.1, -0.05) is 76.7 Å². The Morgan fingerprint density at radius 1 is 1.13 bits per heavy atom. The van der Waals surface area contributed by atoms with Crippen molar-refractivity contribution in [2.75, 3.05) is 25.1 Å². The molecule has 0 bridgehead atoms. The van der Waals surface area contributed by atoms with E-state index in [-0.39, 0.29) is 54.0 Å². The zero-order valence-electron chi connectivity index (χ0n) is 30.4. The minimum absolute atomic E-state index is 0.00904. The van der Waals surface area contributed by atoms with Crippen LogP contribution in [-0.2, 0) is 26.1 Å². The smallest absolute Gasteiger partial charge is 0.273 e. The normalized spacial score (nSPS) is 17.9. The zero-order valence-corrected chi connectivity index (χ0v) is 31.2. The van der Waals surface area contributed by atoms with Crippen molar-refractivity contribution in [1.29, 1.82) is 0 Å². The fourth-order valence-electron chi connectivity index (χ4n) is 6.18. The lowest BCUT2D eigenvalue weighted by Crippen LogP contribution is -2.27. The number of fused-ring (bicyclic) bond motifs is 1. The van der Waals surface area contributed by atoms with E-state index in [1.54, 1.807) is 22.4 Å². The van der Waals surface area contributed by atoms with Gasteiger partial charge >= 0.3 is 0 Å². The molecule has 2 aromatic heterocycles. The van der Waals surface area contributed by atoms with E-state index in [1.807, 2.05) is 74.5 Å². The lowest BCUT2D eigenvalue weighted by atomic mass is 9.87. The number of anilines is 1. The predicted molar refractivity (Wildman–Crippen MR) is 201 cm³/mol. The van der Waals surface area contributed by atoms with Crippen LogP contribution in [0.25, 0.3) is 11.2 Å². The van der Waals surface area contributed by atoms with E-state index in [9.17, 15) is 20.0 Å². The van der Waals surface area contributed by atoms with Crippen molar-refractivity contribution in [2.24, 2.45) is 0 Å². The number of hydrogen-bond acceptors (Lipinski definition) is 11. The zero-order chi connectivity index (χ0) is 37.7. The number of ether oxygens (including phenoxy) is 3. The molecule has 3 aromatic carbocycles. The van der Waals surface area contributed by atoms with Crippen molar-refractivity contribution in [3.8, 4) is 5.75 Å². The van der Waals surface area contributed by atoms with Crippen molar-refractivity contribution < 1.29 is 29.0 Å². The number of rotatable bonds is 14. The molecule has 1 aliphatic heterocycles. The summed E-state index contributed by atoms with van der Waals surface area (Å²) < 4.78 is 19.6. The van der Waals surface area contributed by atoms with Crippen LogP contribution in [0, 0.1) is 10.1 Å². The van der Waals surface area contributed by atoms with Crippen LogP contribution in [0.4, 0.5) is 11.5 Å². The SMILES string of the molecule is CCc1cc([N+](=O)[O-])c(C(C)COC[C@H]2O[C@@H](n3cnc4c(NC(=O)COc5ccc(C(C)(C)C)cc5)ncnc43)C[C@@H]2O)cc1Sc1ccccc1. The van der Waals surface area contributed by atoms with E-state index in [1.165, 1.54) is 12.7 Å². The Labute approximate surface area is 312 Å². The second-order valence-corrected chi connectivity index (χ2v) is 15.2. The molecule has 3 heterocycles. The van der Waals surface area contributed by atoms with Crippen LogP contribution in [0.1, 0.15) is 69.9 Å². The molecular weight excluding hydrogens is 697 g/mol. The quantitative estimate of drug-likeness (QED) is 0.0872. The number of hydrogen-bond donors (Lipinski definition) is 2. The van der Waals surface area contributed by atoms with Crippen LogP contribution < -0.4 is 10.1 Å². The van der Waals surface area contributed by atoms with E-state index in [0.717, 1.165) is 20.9 Å². The van der Waals surface area contributed by atoms with Gasteiger partial charge in [0, 0.05) is 33.8 Å². The summed E-state index contributed by atoms with van der Waals surface area (Å²) in [6.45, 7) is 10.3. The number of carbonyl (C=O) groups excluding carboxylic acids is 1. The number of nitro benzene ring substituents is 1. The fraction of sp³-hybridized carbons (Fsp3) is 0.385. The van der Waals surface area contributed by atoms with Crippen molar-refractivity contribution in [2.45, 2.75) is 87.0 Å². The monoisotopic (exact) mass is 740 g/mol. The Bertz CT molecular complexity index is 2050. The van der Waals surface area contributed by atoms with Gasteiger partial charge < -0.3 is 24.6 Å². The maximum absolute atomic E-state index is 12.8. The second kappa shape index (κ2) is 16.4. The molecule has 0 spiro atoms. The summed E-state index contributed by atoms with van der Waals surface area (Å²) in [6, 6.07) is 21.1. The summed E-state index contributed by atoms with van der Waals surface area (Å²) in [4.78, 5) is 39.6. The lowest BCUT2D eigenvalue weighted by molar-refractivity contribution is -0.385. The molecular formula is C39H44N6O7S. The lowest BCUT2D eigenvalue weighted by Gasteiger charge is -2.19. The van der Waals surface area contributed by atoms with E-state index < -0.39 is 24.3 Å². The second-order valence-electron chi connectivity index (χ2n) is 14.1. The number of carbonyl (C=O) groups is 1. The Balaban J connectivity index is 1.06. The first kappa shape index (κ1) is 37.9. The van der Waals surface area contributed by atoms with Crippen LogP contribution in [-0.4, -0.2) is 67.5 Å². The fourth-order valence-corrected chi connectivity index (χ4v) is 7.24. The number of nitro groups is 1. The molecule has 6 rings (SSSR count). The highest BCUT2D eigenvalue weighted by molar-refractivity contribution is 7.99. The van der Waals surface area contributed by atoms with Gasteiger partial charge in [-0.3, -0.25) is 19.5 Å². The number of aromatic nitrogens is 4. The van der Waals surface area contributed by atoms with E-state index in [0.29, 0.717) is 28.9 Å². The van der Waals surface area contributed by atoms with Gasteiger partial charge in [-0.05, 0) is 53.3 Å². The van der Waals surface area contributed by atoms with Gasteiger partial charge in [0.1, 0.15) is 24.4 Å². The van der Waals surface area contributed by atoms with Crippen LogP contribution in [0.15, 0.2) is 89.2 Å². The predicted octanol–water partition coefficient (Wildman–Crippen LogP) is 7.23. The largest absolute Gasteiger partial charge is 0.484 e. The van der Waals surface area contributed by atoms with Gasteiger partial charge in [-0.25, -0.2) is 15.0 Å². The number of aliphatic hydroxyl groups is 1. The Kier molecular flexibility index (Phi) is 11.7. The number of aliphatic hydroxyl groups excluding tert-OH is 1. The first-order chi connectivity index (χ1) is 25.4. The molecule has 278 valence electrons. The summed E-state index contributed by atoms with van der Waals surface area (Å²) >= 11 is 1.58. The van der Waals surface area contributed by atoms with Gasteiger partial charge in [0.2, 0.25) is 0 Å². The maximum atomic E-state index is 12.8. The van der Waals surface area contributed by atoms with Gasteiger partial charge in [0.15, 0.2) is 23.6 Å².